The molecule has 0 amide bonds. The Hall–Kier alpha value is -1.02. The molecule has 0 aliphatic rings. The van der Waals surface area contributed by atoms with Crippen LogP contribution in [0.25, 0.3) is 0 Å². The Morgan fingerprint density at radius 3 is 2.82 bits per heavy atom. The van der Waals surface area contributed by atoms with Gasteiger partial charge in [-0.3, -0.25) is 0 Å². The molecule has 0 radical (unpaired) electrons. The fourth-order valence-electron chi connectivity index (χ4n) is 1.25. The molecule has 1 aromatic heterocycles. The fourth-order valence-corrected chi connectivity index (χ4v) is 3.13. The third-order valence-electron chi connectivity index (χ3n) is 2.03. The van der Waals surface area contributed by atoms with E-state index in [1.54, 1.807) is 29.3 Å². The van der Waals surface area contributed by atoms with Crippen LogP contribution < -0.4 is 0 Å². The lowest BCUT2D eigenvalue weighted by Gasteiger charge is -1.98. The first-order chi connectivity index (χ1) is 8.28. The minimum atomic E-state index is 0.448. The summed E-state index contributed by atoms with van der Waals surface area (Å²) >= 11 is 9.14. The van der Waals surface area contributed by atoms with Crippen molar-refractivity contribution in [3.63, 3.8) is 0 Å². The van der Waals surface area contributed by atoms with E-state index in [2.05, 4.69) is 11.1 Å². The van der Waals surface area contributed by atoms with Crippen molar-refractivity contribution in [2.24, 2.45) is 0 Å². The van der Waals surface area contributed by atoms with E-state index >= 15 is 0 Å². The number of halogens is 1. The van der Waals surface area contributed by atoms with Crippen LogP contribution in [-0.4, -0.2) is 4.98 Å². The van der Waals surface area contributed by atoms with Crippen LogP contribution in [0.3, 0.4) is 0 Å². The zero-order valence-electron chi connectivity index (χ0n) is 8.89. The second-order valence-corrected chi connectivity index (χ2v) is 5.98. The van der Waals surface area contributed by atoms with E-state index in [1.807, 2.05) is 24.3 Å². The molecule has 0 N–H and O–H groups in total. The van der Waals surface area contributed by atoms with Crippen molar-refractivity contribution < 1.29 is 0 Å². The van der Waals surface area contributed by atoms with Gasteiger partial charge in [-0.25, -0.2) is 4.98 Å². The molecule has 5 heteroatoms. The number of rotatable bonds is 4. The van der Waals surface area contributed by atoms with Crippen LogP contribution >= 0.6 is 34.7 Å². The largest absolute Gasteiger partial charge is 0.248 e. The predicted octanol–water partition coefficient (Wildman–Crippen LogP) is 4.15. The van der Waals surface area contributed by atoms with Gasteiger partial charge in [-0.1, -0.05) is 11.6 Å². The average Bonchev–Trinajstić information content (AvgIpc) is 2.77. The molecule has 0 fully saturated rings. The van der Waals surface area contributed by atoms with Gasteiger partial charge in [0.15, 0.2) is 0 Å². The first kappa shape index (κ1) is 12.4. The van der Waals surface area contributed by atoms with Gasteiger partial charge in [0.05, 0.1) is 18.2 Å². The minimum Gasteiger partial charge on any atom is -0.248 e. The topological polar surface area (TPSA) is 36.7 Å². The van der Waals surface area contributed by atoms with E-state index in [-0.39, 0.29) is 0 Å². The smallest absolute Gasteiger partial charge is 0.103 e. The molecule has 0 unspecified atom stereocenters. The molecule has 0 saturated heterocycles. The van der Waals surface area contributed by atoms with Crippen LogP contribution in [-0.2, 0) is 12.2 Å². The fraction of sp³-hybridized carbons (Fsp3) is 0.167. The Bertz CT molecular complexity index is 528. The number of thioether (sulfide) groups is 1. The molecule has 2 aromatic rings. The molecule has 17 heavy (non-hydrogen) atoms. The van der Waals surface area contributed by atoms with Gasteiger partial charge in [0.25, 0.3) is 0 Å². The predicted molar refractivity (Wildman–Crippen MR) is 72.4 cm³/mol. The standard InChI is InChI=1S/C12H9ClN2S2/c13-9-1-3-10(4-2-9)16-8-12-15-7-11(17-12)5-6-14/h1-4,7H,5,8H2. The first-order valence-corrected chi connectivity index (χ1v) is 7.15. The zero-order chi connectivity index (χ0) is 12.1. The Kier molecular flexibility index (Phi) is 4.43. The van der Waals surface area contributed by atoms with Crippen molar-refractivity contribution in [3.05, 3.63) is 45.4 Å². The number of nitriles is 1. The molecule has 1 heterocycles. The zero-order valence-corrected chi connectivity index (χ0v) is 11.3. The average molecular weight is 281 g/mol. The van der Waals surface area contributed by atoms with Gasteiger partial charge in [0.2, 0.25) is 0 Å². The van der Waals surface area contributed by atoms with Crippen molar-refractivity contribution in [3.8, 4) is 6.07 Å². The quantitative estimate of drug-likeness (QED) is 0.789. The Morgan fingerprint density at radius 1 is 1.35 bits per heavy atom. The van der Waals surface area contributed by atoms with E-state index in [4.69, 9.17) is 16.9 Å². The lowest BCUT2D eigenvalue weighted by molar-refractivity contribution is 1.23. The summed E-state index contributed by atoms with van der Waals surface area (Å²) in [6.07, 6.45) is 2.23. The molecule has 2 rings (SSSR count). The van der Waals surface area contributed by atoms with E-state index in [9.17, 15) is 0 Å². The van der Waals surface area contributed by atoms with Crippen LogP contribution in [0.5, 0.6) is 0 Å². The second kappa shape index (κ2) is 6.06. The summed E-state index contributed by atoms with van der Waals surface area (Å²) in [6, 6.07) is 9.88. The normalized spacial score (nSPS) is 10.1. The van der Waals surface area contributed by atoms with Gasteiger partial charge >= 0.3 is 0 Å². The number of hydrogen-bond acceptors (Lipinski definition) is 4. The van der Waals surface area contributed by atoms with Gasteiger partial charge in [0, 0.05) is 21.0 Å². The molecule has 0 aliphatic carbocycles. The van der Waals surface area contributed by atoms with Crippen LogP contribution in [0, 0.1) is 11.3 Å². The molecular formula is C12H9ClN2S2. The first-order valence-electron chi connectivity index (χ1n) is 4.97. The van der Waals surface area contributed by atoms with E-state index in [0.29, 0.717) is 6.42 Å². The van der Waals surface area contributed by atoms with Crippen molar-refractivity contribution in [2.45, 2.75) is 17.1 Å². The summed E-state index contributed by atoms with van der Waals surface area (Å²) in [5.74, 6) is 0.831. The highest BCUT2D eigenvalue weighted by molar-refractivity contribution is 7.98. The van der Waals surface area contributed by atoms with E-state index < -0.39 is 0 Å². The maximum Gasteiger partial charge on any atom is 0.103 e. The van der Waals surface area contributed by atoms with Gasteiger partial charge in [-0.05, 0) is 24.3 Å². The van der Waals surface area contributed by atoms with Crippen molar-refractivity contribution >= 4 is 34.7 Å². The van der Waals surface area contributed by atoms with Crippen molar-refractivity contribution in [1.29, 1.82) is 5.26 Å². The van der Waals surface area contributed by atoms with Gasteiger partial charge in [0.1, 0.15) is 5.01 Å². The third-order valence-corrected chi connectivity index (χ3v) is 4.49. The summed E-state index contributed by atoms with van der Waals surface area (Å²) in [7, 11) is 0. The maximum absolute atomic E-state index is 8.57. The SMILES string of the molecule is N#CCc1cnc(CSc2ccc(Cl)cc2)s1. The molecule has 0 saturated carbocycles. The van der Waals surface area contributed by atoms with Gasteiger partial charge < -0.3 is 0 Å². The third kappa shape index (κ3) is 3.74. The number of nitrogens with zero attached hydrogens (tertiary/aromatic N) is 2. The second-order valence-electron chi connectivity index (χ2n) is 3.30. The molecule has 1 aromatic carbocycles. The summed E-state index contributed by atoms with van der Waals surface area (Å²) in [5, 5.41) is 10.4. The van der Waals surface area contributed by atoms with Gasteiger partial charge in [-0.15, -0.1) is 23.1 Å². The molecule has 86 valence electrons. The van der Waals surface area contributed by atoms with Crippen LogP contribution in [0.15, 0.2) is 35.4 Å². The van der Waals surface area contributed by atoms with Crippen LogP contribution in [0.4, 0.5) is 0 Å². The van der Waals surface area contributed by atoms with Gasteiger partial charge in [-0.2, -0.15) is 5.26 Å². The molecule has 0 spiro atoms. The number of benzene rings is 1. The monoisotopic (exact) mass is 280 g/mol. The molecule has 0 bridgehead atoms. The summed E-state index contributed by atoms with van der Waals surface area (Å²) in [5.41, 5.74) is 0. The lowest BCUT2D eigenvalue weighted by Crippen LogP contribution is -1.77. The Morgan fingerprint density at radius 2 is 2.12 bits per heavy atom. The van der Waals surface area contributed by atoms with Crippen LogP contribution in [0.2, 0.25) is 5.02 Å². The number of thiazole rings is 1. The van der Waals surface area contributed by atoms with Crippen molar-refractivity contribution in [1.82, 2.24) is 4.98 Å². The van der Waals surface area contributed by atoms with E-state index in [0.717, 1.165) is 20.7 Å². The molecule has 0 atom stereocenters. The lowest BCUT2D eigenvalue weighted by atomic mass is 10.4. The molecule has 2 nitrogen and oxygen atoms in total. The molecular weight excluding hydrogens is 272 g/mol. The number of aromatic nitrogens is 1. The summed E-state index contributed by atoms with van der Waals surface area (Å²) < 4.78 is 0. The minimum absolute atomic E-state index is 0.448. The molecule has 0 aliphatic heterocycles. The highest BCUT2D eigenvalue weighted by atomic mass is 35.5. The summed E-state index contributed by atoms with van der Waals surface area (Å²) in [6.45, 7) is 0. The highest BCUT2D eigenvalue weighted by Crippen LogP contribution is 2.26. The number of hydrogen-bond donors (Lipinski definition) is 0. The maximum atomic E-state index is 8.57. The Labute approximate surface area is 113 Å². The van der Waals surface area contributed by atoms with Crippen LogP contribution in [0.1, 0.15) is 9.88 Å². The highest BCUT2D eigenvalue weighted by Gasteiger charge is 2.02. The van der Waals surface area contributed by atoms with Crippen molar-refractivity contribution in [2.75, 3.05) is 0 Å². The van der Waals surface area contributed by atoms with E-state index in [1.165, 1.54) is 4.90 Å². The Balaban J connectivity index is 1.93. The summed E-state index contributed by atoms with van der Waals surface area (Å²) in [4.78, 5) is 6.49.